The van der Waals surface area contributed by atoms with E-state index in [1.54, 1.807) is 11.8 Å². The van der Waals surface area contributed by atoms with E-state index in [1.807, 2.05) is 61.7 Å². The predicted molar refractivity (Wildman–Crippen MR) is 105 cm³/mol. The summed E-state index contributed by atoms with van der Waals surface area (Å²) >= 11 is 1.64. The molecule has 130 valence electrons. The van der Waals surface area contributed by atoms with Gasteiger partial charge in [-0.15, -0.1) is 0 Å². The molecule has 0 bridgehead atoms. The number of aromatic nitrogens is 3. The summed E-state index contributed by atoms with van der Waals surface area (Å²) in [6.07, 6.45) is 1.87. The van der Waals surface area contributed by atoms with Crippen LogP contribution in [0.5, 0.6) is 5.75 Å². The molecule has 0 saturated heterocycles. The normalized spacial score (nSPS) is 11.0. The van der Waals surface area contributed by atoms with Gasteiger partial charge in [0.15, 0.2) is 5.16 Å². The van der Waals surface area contributed by atoms with Crippen LogP contribution in [0.15, 0.2) is 72.0 Å². The summed E-state index contributed by atoms with van der Waals surface area (Å²) in [5.41, 5.74) is 5.21. The number of hydrogen-bond acceptors (Lipinski definition) is 4. The number of pyridine rings is 1. The SMILES string of the molecule is Cc1cnc(CSc2nc3ccccc3[nH]2)cc1OCc1ccccc1. The summed E-state index contributed by atoms with van der Waals surface area (Å²) in [7, 11) is 0. The van der Waals surface area contributed by atoms with E-state index in [9.17, 15) is 0 Å². The fourth-order valence-corrected chi connectivity index (χ4v) is 3.44. The fourth-order valence-electron chi connectivity index (χ4n) is 2.66. The minimum Gasteiger partial charge on any atom is -0.489 e. The van der Waals surface area contributed by atoms with Gasteiger partial charge in [0.25, 0.3) is 0 Å². The Morgan fingerprint density at radius 3 is 2.69 bits per heavy atom. The van der Waals surface area contributed by atoms with Gasteiger partial charge in [0.05, 0.1) is 16.7 Å². The number of thioether (sulfide) groups is 1. The molecule has 0 fully saturated rings. The van der Waals surface area contributed by atoms with E-state index in [-0.39, 0.29) is 0 Å². The van der Waals surface area contributed by atoms with E-state index < -0.39 is 0 Å². The van der Waals surface area contributed by atoms with Crippen molar-refractivity contribution in [3.63, 3.8) is 0 Å². The lowest BCUT2D eigenvalue weighted by Crippen LogP contribution is -1.99. The zero-order valence-corrected chi connectivity index (χ0v) is 15.3. The van der Waals surface area contributed by atoms with E-state index in [4.69, 9.17) is 4.74 Å². The molecule has 0 atom stereocenters. The fraction of sp³-hybridized carbons (Fsp3) is 0.143. The van der Waals surface area contributed by atoms with E-state index in [2.05, 4.69) is 27.1 Å². The van der Waals surface area contributed by atoms with Crippen LogP contribution in [0.25, 0.3) is 11.0 Å². The van der Waals surface area contributed by atoms with Crippen molar-refractivity contribution in [3.8, 4) is 5.75 Å². The average Bonchev–Trinajstić information content (AvgIpc) is 3.10. The summed E-state index contributed by atoms with van der Waals surface area (Å²) in [5, 5.41) is 0.903. The third kappa shape index (κ3) is 3.89. The molecule has 0 unspecified atom stereocenters. The van der Waals surface area contributed by atoms with Crippen molar-refractivity contribution in [3.05, 3.63) is 83.7 Å². The summed E-state index contributed by atoms with van der Waals surface area (Å²) in [4.78, 5) is 12.4. The molecule has 26 heavy (non-hydrogen) atoms. The third-order valence-electron chi connectivity index (χ3n) is 4.07. The molecular weight excluding hydrogens is 342 g/mol. The van der Waals surface area contributed by atoms with Crippen molar-refractivity contribution in [2.45, 2.75) is 24.4 Å². The lowest BCUT2D eigenvalue weighted by atomic mass is 10.2. The van der Waals surface area contributed by atoms with E-state index >= 15 is 0 Å². The zero-order valence-electron chi connectivity index (χ0n) is 14.5. The standard InChI is InChI=1S/C21H19N3OS/c1-15-12-22-17(11-20(15)25-13-16-7-3-2-4-8-16)14-26-21-23-18-9-5-6-10-19(18)24-21/h2-12H,13-14H2,1H3,(H,23,24). The third-order valence-corrected chi connectivity index (χ3v) is 4.98. The van der Waals surface area contributed by atoms with Crippen molar-refractivity contribution < 1.29 is 4.74 Å². The first-order valence-electron chi connectivity index (χ1n) is 8.48. The lowest BCUT2D eigenvalue weighted by molar-refractivity contribution is 0.303. The van der Waals surface area contributed by atoms with Crippen LogP contribution in [-0.2, 0) is 12.4 Å². The summed E-state index contributed by atoms with van der Waals surface area (Å²) in [5.74, 6) is 1.62. The maximum atomic E-state index is 5.99. The molecule has 1 N–H and O–H groups in total. The minimum absolute atomic E-state index is 0.557. The Labute approximate surface area is 156 Å². The summed E-state index contributed by atoms with van der Waals surface area (Å²) in [6, 6.07) is 20.2. The highest BCUT2D eigenvalue weighted by Gasteiger charge is 2.07. The zero-order chi connectivity index (χ0) is 17.8. The molecule has 0 saturated carbocycles. The van der Waals surface area contributed by atoms with Gasteiger partial charge in [-0.05, 0) is 24.6 Å². The number of H-pyrrole nitrogens is 1. The summed E-state index contributed by atoms with van der Waals surface area (Å²) in [6.45, 7) is 2.57. The smallest absolute Gasteiger partial charge is 0.166 e. The minimum atomic E-state index is 0.557. The largest absolute Gasteiger partial charge is 0.489 e. The maximum absolute atomic E-state index is 5.99. The average molecular weight is 361 g/mol. The first-order chi connectivity index (χ1) is 12.8. The number of ether oxygens (including phenoxy) is 1. The Bertz CT molecular complexity index is 981. The highest BCUT2D eigenvalue weighted by Crippen LogP contribution is 2.25. The molecular formula is C21H19N3OS. The molecule has 0 aliphatic rings. The van der Waals surface area contributed by atoms with Crippen LogP contribution in [0.2, 0.25) is 0 Å². The second kappa shape index (κ2) is 7.62. The molecule has 5 heteroatoms. The molecule has 0 aliphatic carbocycles. The van der Waals surface area contributed by atoms with Gasteiger partial charge in [0, 0.05) is 23.6 Å². The Kier molecular flexibility index (Phi) is 4.88. The van der Waals surface area contributed by atoms with Gasteiger partial charge in [-0.1, -0.05) is 54.2 Å². The van der Waals surface area contributed by atoms with Crippen LogP contribution in [0.1, 0.15) is 16.8 Å². The van der Waals surface area contributed by atoms with Crippen molar-refractivity contribution in [1.29, 1.82) is 0 Å². The van der Waals surface area contributed by atoms with Crippen molar-refractivity contribution >= 4 is 22.8 Å². The van der Waals surface area contributed by atoms with E-state index in [0.717, 1.165) is 44.5 Å². The second-order valence-corrected chi connectivity index (χ2v) is 7.03. The number of imidazole rings is 1. The van der Waals surface area contributed by atoms with Gasteiger partial charge < -0.3 is 9.72 Å². The highest BCUT2D eigenvalue weighted by atomic mass is 32.2. The van der Waals surface area contributed by atoms with Crippen LogP contribution in [0, 0.1) is 6.92 Å². The Hall–Kier alpha value is -2.79. The number of rotatable bonds is 6. The molecule has 2 aromatic heterocycles. The number of nitrogens with zero attached hydrogens (tertiary/aromatic N) is 2. The second-order valence-electron chi connectivity index (χ2n) is 6.06. The van der Waals surface area contributed by atoms with Crippen LogP contribution < -0.4 is 4.74 Å². The van der Waals surface area contributed by atoms with Crippen LogP contribution >= 0.6 is 11.8 Å². The first-order valence-corrected chi connectivity index (χ1v) is 9.46. The molecule has 4 rings (SSSR count). The molecule has 2 heterocycles. The number of fused-ring (bicyclic) bond motifs is 1. The Morgan fingerprint density at radius 1 is 1.04 bits per heavy atom. The van der Waals surface area contributed by atoms with Gasteiger partial charge in [-0.2, -0.15) is 0 Å². The molecule has 4 aromatic rings. The van der Waals surface area contributed by atoms with Gasteiger partial charge in [-0.3, -0.25) is 4.98 Å². The van der Waals surface area contributed by atoms with Crippen LogP contribution in [0.3, 0.4) is 0 Å². The van der Waals surface area contributed by atoms with Crippen LogP contribution in [-0.4, -0.2) is 15.0 Å². The van der Waals surface area contributed by atoms with Gasteiger partial charge in [0.2, 0.25) is 0 Å². The first kappa shape index (κ1) is 16.7. The molecule has 2 aromatic carbocycles. The molecule has 0 amide bonds. The molecule has 0 aliphatic heterocycles. The highest BCUT2D eigenvalue weighted by molar-refractivity contribution is 7.98. The predicted octanol–water partition coefficient (Wildman–Crippen LogP) is 5.14. The lowest BCUT2D eigenvalue weighted by Gasteiger charge is -2.10. The molecule has 0 radical (unpaired) electrons. The quantitative estimate of drug-likeness (QED) is 0.483. The van der Waals surface area contributed by atoms with Gasteiger partial charge >= 0.3 is 0 Å². The van der Waals surface area contributed by atoms with E-state index in [1.165, 1.54) is 0 Å². The Balaban J connectivity index is 1.43. The van der Waals surface area contributed by atoms with E-state index in [0.29, 0.717) is 6.61 Å². The summed E-state index contributed by atoms with van der Waals surface area (Å²) < 4.78 is 5.99. The van der Waals surface area contributed by atoms with Crippen molar-refractivity contribution in [2.24, 2.45) is 0 Å². The topological polar surface area (TPSA) is 50.8 Å². The molecule has 0 spiro atoms. The number of hydrogen-bond donors (Lipinski definition) is 1. The van der Waals surface area contributed by atoms with Crippen molar-refractivity contribution in [2.75, 3.05) is 0 Å². The number of benzene rings is 2. The maximum Gasteiger partial charge on any atom is 0.166 e. The Morgan fingerprint density at radius 2 is 1.85 bits per heavy atom. The monoisotopic (exact) mass is 361 g/mol. The van der Waals surface area contributed by atoms with Gasteiger partial charge in [-0.25, -0.2) is 4.98 Å². The number of para-hydroxylation sites is 2. The van der Waals surface area contributed by atoms with Gasteiger partial charge in [0.1, 0.15) is 12.4 Å². The van der Waals surface area contributed by atoms with Crippen molar-refractivity contribution in [1.82, 2.24) is 15.0 Å². The number of nitrogens with one attached hydrogen (secondary N) is 1. The number of aromatic amines is 1. The molecule has 4 nitrogen and oxygen atoms in total. The van der Waals surface area contributed by atoms with Crippen LogP contribution in [0.4, 0.5) is 0 Å². The number of aryl methyl sites for hydroxylation is 1.